The van der Waals surface area contributed by atoms with Gasteiger partial charge in [-0.1, -0.05) is 17.7 Å². The highest BCUT2D eigenvalue weighted by Crippen LogP contribution is 2.36. The van der Waals surface area contributed by atoms with Gasteiger partial charge in [0.2, 0.25) is 0 Å². The molecule has 0 atom stereocenters. The lowest BCUT2D eigenvalue weighted by atomic mass is 10.3. The van der Waals surface area contributed by atoms with Crippen molar-refractivity contribution in [2.75, 3.05) is 4.90 Å². The van der Waals surface area contributed by atoms with Crippen LogP contribution in [0.15, 0.2) is 45.7 Å². The fraction of sp³-hybridized carbons (Fsp3) is 0. The van der Waals surface area contributed by atoms with Crippen LogP contribution in [0.5, 0.6) is 0 Å². The molecule has 23 heavy (non-hydrogen) atoms. The molecule has 0 unspecified atom stereocenters. The van der Waals surface area contributed by atoms with Gasteiger partial charge in [0.25, 0.3) is 11.1 Å². The molecule has 1 aromatic heterocycles. The number of hydrogen-bond donors (Lipinski definition) is 0. The minimum absolute atomic E-state index is 0.110. The van der Waals surface area contributed by atoms with Gasteiger partial charge in [0.05, 0.1) is 16.7 Å². The molecule has 1 aliphatic heterocycles. The molecule has 9 heteroatoms. The van der Waals surface area contributed by atoms with Crippen molar-refractivity contribution in [3.8, 4) is 0 Å². The van der Waals surface area contributed by atoms with Crippen LogP contribution in [0.25, 0.3) is 6.08 Å². The lowest BCUT2D eigenvalue weighted by Gasteiger charge is -2.12. The number of nitrogens with zero attached hydrogens (tertiary/aromatic N) is 2. The van der Waals surface area contributed by atoms with Crippen LogP contribution in [0.3, 0.4) is 0 Å². The standard InChI is InChI=1S/C14H7ClN2O5S/c15-8-2-1-3-9(6-8)16-13(18)11(23-14(16)19)7-10-4-5-12(22-10)17(20)21/h1-7H/b11-7-. The Labute approximate surface area is 138 Å². The maximum atomic E-state index is 12.4. The maximum Gasteiger partial charge on any atom is 0.433 e. The van der Waals surface area contributed by atoms with Crippen LogP contribution in [0.1, 0.15) is 5.76 Å². The molecule has 1 aromatic carbocycles. The monoisotopic (exact) mass is 350 g/mol. The number of imide groups is 1. The summed E-state index contributed by atoms with van der Waals surface area (Å²) < 4.78 is 4.96. The van der Waals surface area contributed by atoms with E-state index in [9.17, 15) is 19.7 Å². The van der Waals surface area contributed by atoms with Crippen LogP contribution < -0.4 is 4.90 Å². The van der Waals surface area contributed by atoms with Crippen molar-refractivity contribution < 1.29 is 18.9 Å². The second kappa shape index (κ2) is 5.90. The highest BCUT2D eigenvalue weighted by atomic mass is 35.5. The van der Waals surface area contributed by atoms with Gasteiger partial charge < -0.3 is 4.42 Å². The third kappa shape index (κ3) is 2.99. The first-order valence-corrected chi connectivity index (χ1v) is 7.43. The highest BCUT2D eigenvalue weighted by Gasteiger charge is 2.36. The van der Waals surface area contributed by atoms with E-state index in [0.29, 0.717) is 10.7 Å². The average Bonchev–Trinajstić information content (AvgIpc) is 3.05. The molecule has 7 nitrogen and oxygen atoms in total. The summed E-state index contributed by atoms with van der Waals surface area (Å²) in [6.45, 7) is 0. The molecule has 2 amide bonds. The van der Waals surface area contributed by atoms with Crippen molar-refractivity contribution >= 4 is 52.2 Å². The SMILES string of the molecule is O=C1S/C(=C\c2ccc([N+](=O)[O-])o2)C(=O)N1c1cccc(Cl)c1. The normalized spacial score (nSPS) is 16.4. The Balaban J connectivity index is 1.91. The van der Waals surface area contributed by atoms with Crippen LogP contribution >= 0.6 is 23.4 Å². The summed E-state index contributed by atoms with van der Waals surface area (Å²) in [6, 6.07) is 8.86. The lowest BCUT2D eigenvalue weighted by Crippen LogP contribution is -2.27. The van der Waals surface area contributed by atoms with E-state index in [4.69, 9.17) is 16.0 Å². The molecule has 0 radical (unpaired) electrons. The van der Waals surface area contributed by atoms with E-state index in [2.05, 4.69) is 0 Å². The van der Waals surface area contributed by atoms with Gasteiger partial charge in [0.1, 0.15) is 10.7 Å². The van der Waals surface area contributed by atoms with E-state index >= 15 is 0 Å². The zero-order valence-corrected chi connectivity index (χ0v) is 12.8. The summed E-state index contributed by atoms with van der Waals surface area (Å²) >= 11 is 6.59. The van der Waals surface area contributed by atoms with Gasteiger partial charge >= 0.3 is 5.88 Å². The van der Waals surface area contributed by atoms with E-state index in [1.807, 2.05) is 0 Å². The van der Waals surface area contributed by atoms with E-state index in [1.165, 1.54) is 24.3 Å². The van der Waals surface area contributed by atoms with Crippen molar-refractivity contribution in [2.45, 2.75) is 0 Å². The van der Waals surface area contributed by atoms with Crippen LogP contribution in [-0.2, 0) is 4.79 Å². The van der Waals surface area contributed by atoms with Gasteiger partial charge in [0.15, 0.2) is 0 Å². The summed E-state index contributed by atoms with van der Waals surface area (Å²) in [7, 11) is 0. The van der Waals surface area contributed by atoms with E-state index in [-0.39, 0.29) is 10.7 Å². The number of rotatable bonds is 3. The smallest absolute Gasteiger partial charge is 0.401 e. The van der Waals surface area contributed by atoms with Gasteiger partial charge in [-0.3, -0.25) is 19.7 Å². The number of nitro groups is 1. The molecular formula is C14H7ClN2O5S. The number of thioether (sulfide) groups is 1. The number of carbonyl (C=O) groups is 2. The molecule has 0 bridgehead atoms. The largest absolute Gasteiger partial charge is 0.433 e. The Kier molecular flexibility index (Phi) is 3.93. The topological polar surface area (TPSA) is 93.7 Å². The van der Waals surface area contributed by atoms with Crippen LogP contribution in [0.4, 0.5) is 16.4 Å². The minimum Gasteiger partial charge on any atom is -0.401 e. The number of anilines is 1. The van der Waals surface area contributed by atoms with Crippen molar-refractivity contribution in [2.24, 2.45) is 0 Å². The van der Waals surface area contributed by atoms with E-state index in [1.54, 1.807) is 18.2 Å². The molecular weight excluding hydrogens is 344 g/mol. The number of carbonyl (C=O) groups excluding carboxylic acids is 2. The lowest BCUT2D eigenvalue weighted by molar-refractivity contribution is -0.402. The first-order chi connectivity index (χ1) is 11.0. The molecule has 3 rings (SSSR count). The Hall–Kier alpha value is -2.58. The maximum absolute atomic E-state index is 12.4. The molecule has 1 aliphatic rings. The fourth-order valence-corrected chi connectivity index (χ4v) is 2.96. The summed E-state index contributed by atoms with van der Waals surface area (Å²) in [4.78, 5) is 35.4. The van der Waals surface area contributed by atoms with Gasteiger partial charge in [-0.15, -0.1) is 0 Å². The van der Waals surface area contributed by atoms with E-state index < -0.39 is 22.0 Å². The Morgan fingerprint density at radius 1 is 1.26 bits per heavy atom. The summed E-state index contributed by atoms with van der Waals surface area (Å²) in [6.07, 6.45) is 1.29. The Morgan fingerprint density at radius 2 is 2.04 bits per heavy atom. The third-order valence-electron chi connectivity index (χ3n) is 2.93. The van der Waals surface area contributed by atoms with Crippen molar-refractivity contribution in [3.05, 3.63) is 62.2 Å². The van der Waals surface area contributed by atoms with Gasteiger partial charge in [-0.05, 0) is 36.0 Å². The van der Waals surface area contributed by atoms with Gasteiger partial charge in [-0.25, -0.2) is 4.90 Å². The number of hydrogen-bond acceptors (Lipinski definition) is 6. The Morgan fingerprint density at radius 3 is 2.70 bits per heavy atom. The van der Waals surface area contributed by atoms with Crippen LogP contribution in [-0.4, -0.2) is 16.1 Å². The van der Waals surface area contributed by atoms with Crippen LogP contribution in [0.2, 0.25) is 5.02 Å². The van der Waals surface area contributed by atoms with Crippen molar-refractivity contribution in [1.29, 1.82) is 0 Å². The first-order valence-electron chi connectivity index (χ1n) is 6.23. The molecule has 1 saturated heterocycles. The van der Waals surface area contributed by atoms with Crippen molar-refractivity contribution in [1.82, 2.24) is 0 Å². The fourth-order valence-electron chi connectivity index (χ4n) is 1.95. The van der Waals surface area contributed by atoms with E-state index in [0.717, 1.165) is 16.7 Å². The molecule has 0 saturated carbocycles. The number of benzene rings is 1. The molecule has 0 spiro atoms. The second-order valence-corrected chi connectivity index (χ2v) is 5.86. The first kappa shape index (κ1) is 15.3. The van der Waals surface area contributed by atoms with Crippen LogP contribution in [0, 0.1) is 10.1 Å². The highest BCUT2D eigenvalue weighted by molar-refractivity contribution is 8.19. The van der Waals surface area contributed by atoms with Crippen molar-refractivity contribution in [3.63, 3.8) is 0 Å². The van der Waals surface area contributed by atoms with Gasteiger partial charge in [0, 0.05) is 11.1 Å². The minimum atomic E-state index is -0.685. The predicted octanol–water partition coefficient (Wildman–Crippen LogP) is 4.08. The molecule has 0 aliphatic carbocycles. The number of furan rings is 1. The molecule has 2 aromatic rings. The number of amides is 2. The zero-order valence-electron chi connectivity index (χ0n) is 11.3. The molecule has 116 valence electrons. The molecule has 2 heterocycles. The summed E-state index contributed by atoms with van der Waals surface area (Å²) in [5.74, 6) is -0.861. The Bertz CT molecular complexity index is 860. The predicted molar refractivity (Wildman–Crippen MR) is 85.3 cm³/mol. The second-order valence-electron chi connectivity index (χ2n) is 4.43. The molecule has 1 fully saturated rings. The van der Waals surface area contributed by atoms with Gasteiger partial charge in [-0.2, -0.15) is 0 Å². The number of halogens is 1. The zero-order chi connectivity index (χ0) is 16.6. The summed E-state index contributed by atoms with van der Waals surface area (Å²) in [5.41, 5.74) is 0.355. The molecule has 0 N–H and O–H groups in total. The quantitative estimate of drug-likeness (QED) is 0.470. The third-order valence-corrected chi connectivity index (χ3v) is 4.03. The summed E-state index contributed by atoms with van der Waals surface area (Å²) in [5, 5.41) is 10.5. The average molecular weight is 351 g/mol.